The van der Waals surface area contributed by atoms with E-state index >= 15 is 0 Å². The van der Waals surface area contributed by atoms with Crippen LogP contribution in [0.4, 0.5) is 5.69 Å². The Bertz CT molecular complexity index is 389. The van der Waals surface area contributed by atoms with Crippen LogP contribution in [0.1, 0.15) is 26.7 Å². The van der Waals surface area contributed by atoms with E-state index in [0.29, 0.717) is 22.1 Å². The molecule has 0 radical (unpaired) electrons. The van der Waals surface area contributed by atoms with Crippen molar-refractivity contribution in [2.24, 2.45) is 0 Å². The lowest BCUT2D eigenvalue weighted by atomic mass is 10.1. The molecule has 0 aromatic heterocycles. The molecule has 0 spiro atoms. The topological polar surface area (TPSA) is 15.3 Å². The molecular weight excluding hydrogens is 267 g/mol. The van der Waals surface area contributed by atoms with Crippen LogP contribution in [0.3, 0.4) is 0 Å². The van der Waals surface area contributed by atoms with E-state index in [-0.39, 0.29) is 0 Å². The van der Waals surface area contributed by atoms with Crippen molar-refractivity contribution >= 4 is 28.9 Å². The summed E-state index contributed by atoms with van der Waals surface area (Å²) >= 11 is 12.2. The summed E-state index contributed by atoms with van der Waals surface area (Å²) in [5, 5.41) is 5.00. The van der Waals surface area contributed by atoms with E-state index in [9.17, 15) is 0 Å². The van der Waals surface area contributed by atoms with Gasteiger partial charge in [-0.3, -0.25) is 0 Å². The largest absolute Gasteiger partial charge is 0.366 e. The Morgan fingerprint density at radius 3 is 2.56 bits per heavy atom. The lowest BCUT2D eigenvalue weighted by molar-refractivity contribution is 0.386. The van der Waals surface area contributed by atoms with Crippen LogP contribution in [-0.4, -0.2) is 25.2 Å². The quantitative estimate of drug-likeness (QED) is 0.905. The summed E-state index contributed by atoms with van der Waals surface area (Å²) in [6.45, 7) is 6.48. The summed E-state index contributed by atoms with van der Waals surface area (Å²) in [7, 11) is 0. The highest BCUT2D eigenvalue weighted by Gasteiger charge is 2.24. The van der Waals surface area contributed by atoms with Crippen molar-refractivity contribution in [3.05, 3.63) is 28.2 Å². The second-order valence-corrected chi connectivity index (χ2v) is 5.90. The third kappa shape index (κ3) is 3.31. The van der Waals surface area contributed by atoms with Gasteiger partial charge in [0.1, 0.15) is 0 Å². The van der Waals surface area contributed by atoms with Crippen molar-refractivity contribution in [2.45, 2.75) is 38.8 Å². The first kappa shape index (κ1) is 14.0. The van der Waals surface area contributed by atoms with E-state index in [1.807, 2.05) is 12.1 Å². The normalized spacial score (nSPS) is 24.3. The summed E-state index contributed by atoms with van der Waals surface area (Å²) in [6, 6.07) is 6.80. The van der Waals surface area contributed by atoms with Crippen LogP contribution in [-0.2, 0) is 0 Å². The molecule has 2 unspecified atom stereocenters. The minimum Gasteiger partial charge on any atom is -0.366 e. The Balaban J connectivity index is 2.18. The summed E-state index contributed by atoms with van der Waals surface area (Å²) in [4.78, 5) is 2.40. The standard InChI is InChI=1S/C14H20Cl2N2/c1-3-4-13-9-18(10(2)8-17-13)14-6-11(15)5-12(16)7-14/h5-7,10,13,17H,3-4,8-9H2,1-2H3. The van der Waals surface area contributed by atoms with E-state index in [1.165, 1.54) is 12.8 Å². The zero-order valence-electron chi connectivity index (χ0n) is 10.9. The molecule has 2 rings (SSSR count). The average Bonchev–Trinajstić information content (AvgIpc) is 2.30. The number of benzene rings is 1. The maximum Gasteiger partial charge on any atom is 0.0441 e. The number of anilines is 1. The number of nitrogens with zero attached hydrogens (tertiary/aromatic N) is 1. The van der Waals surface area contributed by atoms with Crippen LogP contribution in [0.15, 0.2) is 18.2 Å². The van der Waals surface area contributed by atoms with Crippen molar-refractivity contribution in [1.29, 1.82) is 0 Å². The van der Waals surface area contributed by atoms with Gasteiger partial charge in [-0.05, 0) is 31.5 Å². The molecule has 18 heavy (non-hydrogen) atoms. The highest BCUT2D eigenvalue weighted by molar-refractivity contribution is 6.35. The molecule has 1 heterocycles. The van der Waals surface area contributed by atoms with E-state index in [4.69, 9.17) is 23.2 Å². The summed E-state index contributed by atoms with van der Waals surface area (Å²) in [5.74, 6) is 0. The number of hydrogen-bond donors (Lipinski definition) is 1. The fourth-order valence-electron chi connectivity index (χ4n) is 2.54. The maximum absolute atomic E-state index is 6.09. The SMILES string of the molecule is CCCC1CN(c2cc(Cl)cc(Cl)c2)C(C)CN1. The zero-order valence-corrected chi connectivity index (χ0v) is 12.4. The fraction of sp³-hybridized carbons (Fsp3) is 0.571. The first-order valence-corrected chi connectivity index (χ1v) is 7.32. The van der Waals surface area contributed by atoms with E-state index in [0.717, 1.165) is 18.8 Å². The van der Waals surface area contributed by atoms with Crippen LogP contribution < -0.4 is 10.2 Å². The molecule has 4 heteroatoms. The molecular formula is C14H20Cl2N2. The summed E-state index contributed by atoms with van der Waals surface area (Å²) in [6.07, 6.45) is 2.41. The molecule has 100 valence electrons. The fourth-order valence-corrected chi connectivity index (χ4v) is 3.05. The smallest absolute Gasteiger partial charge is 0.0441 e. The van der Waals surface area contributed by atoms with E-state index in [2.05, 4.69) is 24.1 Å². The van der Waals surface area contributed by atoms with Gasteiger partial charge in [0.05, 0.1) is 0 Å². The molecule has 0 bridgehead atoms. The van der Waals surface area contributed by atoms with Gasteiger partial charge in [0, 0.05) is 40.9 Å². The number of piperazine rings is 1. The van der Waals surface area contributed by atoms with Gasteiger partial charge < -0.3 is 10.2 Å². The van der Waals surface area contributed by atoms with Crippen LogP contribution in [0.2, 0.25) is 10.0 Å². The Morgan fingerprint density at radius 1 is 1.28 bits per heavy atom. The van der Waals surface area contributed by atoms with Crippen LogP contribution in [0.5, 0.6) is 0 Å². The molecule has 1 N–H and O–H groups in total. The van der Waals surface area contributed by atoms with Gasteiger partial charge in [0.15, 0.2) is 0 Å². The lowest BCUT2D eigenvalue weighted by Crippen LogP contribution is -2.55. The second-order valence-electron chi connectivity index (χ2n) is 5.02. The van der Waals surface area contributed by atoms with E-state index < -0.39 is 0 Å². The van der Waals surface area contributed by atoms with Gasteiger partial charge in [-0.2, -0.15) is 0 Å². The summed E-state index contributed by atoms with van der Waals surface area (Å²) in [5.41, 5.74) is 1.13. The Hall–Kier alpha value is -0.440. The van der Waals surface area contributed by atoms with Crippen molar-refractivity contribution in [1.82, 2.24) is 5.32 Å². The molecule has 1 aromatic carbocycles. The molecule has 2 nitrogen and oxygen atoms in total. The van der Waals surface area contributed by atoms with Crippen LogP contribution >= 0.6 is 23.2 Å². The predicted molar refractivity (Wildman–Crippen MR) is 80.0 cm³/mol. The average molecular weight is 287 g/mol. The van der Waals surface area contributed by atoms with Gasteiger partial charge in [0.2, 0.25) is 0 Å². The Morgan fingerprint density at radius 2 is 1.94 bits per heavy atom. The molecule has 2 atom stereocenters. The Kier molecular flexibility index (Phi) is 4.77. The number of nitrogens with one attached hydrogen (secondary N) is 1. The highest BCUT2D eigenvalue weighted by atomic mass is 35.5. The molecule has 1 aliphatic heterocycles. The molecule has 1 aliphatic rings. The van der Waals surface area contributed by atoms with Gasteiger partial charge in [-0.15, -0.1) is 0 Å². The van der Waals surface area contributed by atoms with Crippen LogP contribution in [0.25, 0.3) is 0 Å². The third-order valence-electron chi connectivity index (χ3n) is 3.47. The molecule has 1 aromatic rings. The number of halogens is 2. The van der Waals surface area contributed by atoms with Gasteiger partial charge in [-0.1, -0.05) is 36.5 Å². The Labute approximate surface area is 119 Å². The molecule has 0 aliphatic carbocycles. The van der Waals surface area contributed by atoms with Crippen molar-refractivity contribution < 1.29 is 0 Å². The van der Waals surface area contributed by atoms with Gasteiger partial charge >= 0.3 is 0 Å². The first-order valence-electron chi connectivity index (χ1n) is 6.56. The first-order chi connectivity index (χ1) is 8.60. The molecule has 1 saturated heterocycles. The van der Waals surface area contributed by atoms with E-state index in [1.54, 1.807) is 6.07 Å². The molecule has 0 saturated carbocycles. The summed E-state index contributed by atoms with van der Waals surface area (Å²) < 4.78 is 0. The lowest BCUT2D eigenvalue weighted by Gasteiger charge is -2.40. The predicted octanol–water partition coefficient (Wildman–Crippen LogP) is 3.96. The van der Waals surface area contributed by atoms with Crippen molar-refractivity contribution in [2.75, 3.05) is 18.0 Å². The third-order valence-corrected chi connectivity index (χ3v) is 3.90. The molecule has 0 amide bonds. The van der Waals surface area contributed by atoms with Crippen molar-refractivity contribution in [3.8, 4) is 0 Å². The monoisotopic (exact) mass is 286 g/mol. The maximum atomic E-state index is 6.09. The van der Waals surface area contributed by atoms with Crippen LogP contribution in [0, 0.1) is 0 Å². The second kappa shape index (κ2) is 6.14. The van der Waals surface area contributed by atoms with Gasteiger partial charge in [0.25, 0.3) is 0 Å². The minimum absolute atomic E-state index is 0.465. The minimum atomic E-state index is 0.465. The van der Waals surface area contributed by atoms with Gasteiger partial charge in [-0.25, -0.2) is 0 Å². The number of rotatable bonds is 3. The zero-order chi connectivity index (χ0) is 13.1. The highest BCUT2D eigenvalue weighted by Crippen LogP contribution is 2.28. The number of hydrogen-bond acceptors (Lipinski definition) is 2. The van der Waals surface area contributed by atoms with Crippen molar-refractivity contribution in [3.63, 3.8) is 0 Å². The molecule has 1 fully saturated rings.